The summed E-state index contributed by atoms with van der Waals surface area (Å²) < 4.78 is 95.7. The summed E-state index contributed by atoms with van der Waals surface area (Å²) in [4.78, 5) is 31.0. The van der Waals surface area contributed by atoms with E-state index in [1.165, 1.54) is 18.7 Å². The minimum absolute atomic E-state index is 0.155. The van der Waals surface area contributed by atoms with Crippen molar-refractivity contribution < 1.29 is 50.5 Å². The highest BCUT2D eigenvalue weighted by Gasteiger charge is 2.72. The number of aliphatic hydroxyl groups is 2. The molecule has 1 saturated heterocycles. The molecule has 0 radical (unpaired) electrons. The fraction of sp³-hybridized carbons (Fsp3) is 0.522. The predicted molar refractivity (Wildman–Crippen MR) is 127 cm³/mol. The van der Waals surface area contributed by atoms with Gasteiger partial charge in [0.1, 0.15) is 5.69 Å². The molecular formula is C23H23ClF7N3O4S. The predicted octanol–water partition coefficient (Wildman–Crippen LogP) is 5.04. The van der Waals surface area contributed by atoms with Crippen molar-refractivity contribution in [2.24, 2.45) is 0 Å². The monoisotopic (exact) mass is 605 g/mol. The number of nitrogens with one attached hydrogen (secondary N) is 1. The largest absolute Gasteiger partial charge is 0.430 e. The van der Waals surface area contributed by atoms with Gasteiger partial charge in [-0.3, -0.25) is 9.59 Å². The van der Waals surface area contributed by atoms with Gasteiger partial charge in [0.15, 0.2) is 10.8 Å². The molecule has 1 atom stereocenters. The highest BCUT2D eigenvalue weighted by molar-refractivity contribution is 7.17. The van der Waals surface area contributed by atoms with Crippen molar-refractivity contribution in [3.8, 4) is 10.4 Å². The lowest BCUT2D eigenvalue weighted by atomic mass is 9.90. The van der Waals surface area contributed by atoms with Gasteiger partial charge >= 0.3 is 12.4 Å². The van der Waals surface area contributed by atoms with Crippen LogP contribution in [0.25, 0.3) is 10.4 Å². The summed E-state index contributed by atoms with van der Waals surface area (Å²) in [7, 11) is 0. The van der Waals surface area contributed by atoms with Gasteiger partial charge in [0, 0.05) is 30.3 Å². The van der Waals surface area contributed by atoms with Crippen LogP contribution >= 0.6 is 22.9 Å². The molecule has 1 fully saturated rings. The Morgan fingerprint density at radius 3 is 2.23 bits per heavy atom. The Labute approximate surface area is 226 Å². The molecule has 2 heterocycles. The second-order valence-corrected chi connectivity index (χ2v) is 11.1. The van der Waals surface area contributed by atoms with E-state index >= 15 is 4.39 Å². The SMILES string of the molecule is C[C@H]1CCCN1C(=O)c1nc(C(=O)NCC(C)(C)O)sc1-c1ccc(C(O)(C(F)(F)F)C(F)(F)F)c(Cl)c1F. The number of hydrogen-bond acceptors (Lipinski definition) is 6. The molecule has 0 unspecified atom stereocenters. The number of alkyl halides is 6. The van der Waals surface area contributed by atoms with Crippen LogP contribution < -0.4 is 5.32 Å². The lowest BCUT2D eigenvalue weighted by Gasteiger charge is -2.33. The van der Waals surface area contributed by atoms with Crippen LogP contribution in [0.2, 0.25) is 5.02 Å². The minimum atomic E-state index is -6.31. The van der Waals surface area contributed by atoms with E-state index in [9.17, 15) is 46.1 Å². The molecular weight excluding hydrogens is 583 g/mol. The maximum Gasteiger partial charge on any atom is 0.430 e. The molecule has 3 rings (SSSR count). The van der Waals surface area contributed by atoms with Crippen LogP contribution in [0.4, 0.5) is 30.7 Å². The van der Waals surface area contributed by atoms with Crippen LogP contribution in [0.5, 0.6) is 0 Å². The summed E-state index contributed by atoms with van der Waals surface area (Å²) in [5.41, 5.74) is -9.99. The summed E-state index contributed by atoms with van der Waals surface area (Å²) in [6.45, 7) is 4.58. The Hall–Kier alpha value is -2.49. The second kappa shape index (κ2) is 10.5. The molecule has 0 spiro atoms. The Bertz CT molecular complexity index is 1260. The van der Waals surface area contributed by atoms with Gasteiger partial charge in [-0.15, -0.1) is 11.3 Å². The summed E-state index contributed by atoms with van der Waals surface area (Å²) in [5.74, 6) is -3.41. The van der Waals surface area contributed by atoms with E-state index in [0.29, 0.717) is 36.8 Å². The van der Waals surface area contributed by atoms with Crippen LogP contribution in [-0.2, 0) is 5.60 Å². The Morgan fingerprint density at radius 1 is 1.15 bits per heavy atom. The lowest BCUT2D eigenvalue weighted by molar-refractivity contribution is -0.376. The zero-order valence-electron chi connectivity index (χ0n) is 20.6. The van der Waals surface area contributed by atoms with E-state index in [1.54, 1.807) is 6.92 Å². The third-order valence-electron chi connectivity index (χ3n) is 6.06. The summed E-state index contributed by atoms with van der Waals surface area (Å²) in [5, 5.41) is 19.8. The van der Waals surface area contributed by atoms with E-state index in [2.05, 4.69) is 10.3 Å². The maximum absolute atomic E-state index is 15.4. The third kappa shape index (κ3) is 5.86. The number of hydrogen-bond donors (Lipinski definition) is 3. The van der Waals surface area contributed by atoms with Crippen LogP contribution in [0.1, 0.15) is 59.5 Å². The molecule has 16 heteroatoms. The average Bonchev–Trinajstić information content (AvgIpc) is 3.43. The van der Waals surface area contributed by atoms with E-state index < -0.39 is 63.0 Å². The number of carbonyl (C=O) groups is 2. The van der Waals surface area contributed by atoms with Crippen molar-refractivity contribution >= 4 is 34.8 Å². The quantitative estimate of drug-likeness (QED) is 0.401. The first-order chi connectivity index (χ1) is 17.7. The standard InChI is InChI=1S/C23H23ClF7N3O4S/c1-10-5-4-8-34(10)19(36)15-16(39-18(33-15)17(35)32-9-20(2,3)37)11-6-7-12(13(24)14(11)25)21(38,22(26,27)28)23(29,30)31/h6-7,10,37-38H,4-5,8-9H2,1-3H3,(H,32,35)/t10-/m0/s1. The molecule has 216 valence electrons. The smallest absolute Gasteiger partial charge is 0.389 e. The number of halogens is 8. The molecule has 1 aromatic carbocycles. The van der Waals surface area contributed by atoms with Crippen LogP contribution in [0.3, 0.4) is 0 Å². The van der Waals surface area contributed by atoms with Crippen LogP contribution in [0.15, 0.2) is 12.1 Å². The van der Waals surface area contributed by atoms with Crippen molar-refractivity contribution in [1.82, 2.24) is 15.2 Å². The van der Waals surface area contributed by atoms with Gasteiger partial charge in [0.05, 0.1) is 15.5 Å². The molecule has 1 aromatic heterocycles. The molecule has 39 heavy (non-hydrogen) atoms. The molecule has 0 saturated carbocycles. The summed E-state index contributed by atoms with van der Waals surface area (Å²) >= 11 is 6.09. The molecule has 1 aliphatic rings. The van der Waals surface area contributed by atoms with Crippen molar-refractivity contribution in [1.29, 1.82) is 0 Å². The molecule has 3 N–H and O–H groups in total. The van der Waals surface area contributed by atoms with Gasteiger partial charge in [0.2, 0.25) is 0 Å². The average molecular weight is 606 g/mol. The first-order valence-electron chi connectivity index (χ1n) is 11.4. The number of rotatable bonds is 6. The van der Waals surface area contributed by atoms with Gasteiger partial charge in [-0.05, 0) is 33.6 Å². The van der Waals surface area contributed by atoms with Gasteiger partial charge in [-0.2, -0.15) is 26.3 Å². The van der Waals surface area contributed by atoms with Crippen molar-refractivity contribution in [3.63, 3.8) is 0 Å². The summed E-state index contributed by atoms with van der Waals surface area (Å²) in [6.07, 6.45) is -11.4. The van der Waals surface area contributed by atoms with Gasteiger partial charge in [0.25, 0.3) is 17.4 Å². The molecule has 0 aliphatic carbocycles. The Kier molecular flexibility index (Phi) is 8.35. The fourth-order valence-electron chi connectivity index (χ4n) is 3.96. The number of aromatic nitrogens is 1. The molecule has 2 aromatic rings. The third-order valence-corrected chi connectivity index (χ3v) is 7.51. The van der Waals surface area contributed by atoms with E-state index in [1.807, 2.05) is 0 Å². The highest BCUT2D eigenvalue weighted by Crippen LogP contribution is 2.53. The first kappa shape index (κ1) is 31.0. The second-order valence-electron chi connectivity index (χ2n) is 9.68. The zero-order valence-corrected chi connectivity index (χ0v) is 22.2. The van der Waals surface area contributed by atoms with E-state index in [0.717, 1.165) is 0 Å². The first-order valence-corrected chi connectivity index (χ1v) is 12.6. The van der Waals surface area contributed by atoms with Crippen LogP contribution in [-0.4, -0.2) is 69.0 Å². The van der Waals surface area contributed by atoms with Crippen molar-refractivity contribution in [2.45, 2.75) is 63.2 Å². The number of likely N-dealkylation sites (tertiary alicyclic amines) is 1. The van der Waals surface area contributed by atoms with E-state index in [-0.39, 0.29) is 28.5 Å². The Balaban J connectivity index is 2.19. The Morgan fingerprint density at radius 2 is 1.74 bits per heavy atom. The maximum atomic E-state index is 15.4. The van der Waals surface area contributed by atoms with Gasteiger partial charge in [-0.25, -0.2) is 9.37 Å². The number of nitrogens with zero attached hydrogens (tertiary/aromatic N) is 2. The van der Waals surface area contributed by atoms with Crippen LogP contribution in [0, 0.1) is 5.82 Å². The number of benzene rings is 1. The molecule has 2 amide bonds. The molecule has 7 nitrogen and oxygen atoms in total. The fourth-order valence-corrected chi connectivity index (χ4v) is 5.25. The lowest BCUT2D eigenvalue weighted by Crippen LogP contribution is -2.54. The minimum Gasteiger partial charge on any atom is -0.389 e. The molecule has 1 aliphatic heterocycles. The highest BCUT2D eigenvalue weighted by atomic mass is 35.5. The number of carbonyl (C=O) groups excluding carboxylic acids is 2. The van der Waals surface area contributed by atoms with Gasteiger partial charge < -0.3 is 20.4 Å². The zero-order chi connectivity index (χ0) is 29.7. The normalized spacial score (nSPS) is 17.1. The summed E-state index contributed by atoms with van der Waals surface area (Å²) in [6, 6.07) is 0.390. The van der Waals surface area contributed by atoms with E-state index in [4.69, 9.17) is 11.6 Å². The van der Waals surface area contributed by atoms with Gasteiger partial charge in [-0.1, -0.05) is 23.7 Å². The van der Waals surface area contributed by atoms with Crippen molar-refractivity contribution in [2.75, 3.05) is 13.1 Å². The number of thiazole rings is 1. The topological polar surface area (TPSA) is 103 Å². The molecule has 0 bridgehead atoms. The van der Waals surface area contributed by atoms with Crippen molar-refractivity contribution in [3.05, 3.63) is 39.2 Å². The number of amides is 2.